The third-order valence-corrected chi connectivity index (χ3v) is 4.85. The zero-order chi connectivity index (χ0) is 17.7. The van der Waals surface area contributed by atoms with Gasteiger partial charge in [0.2, 0.25) is 0 Å². The van der Waals surface area contributed by atoms with Crippen LogP contribution in [-0.2, 0) is 13.0 Å². The van der Waals surface area contributed by atoms with Gasteiger partial charge < -0.3 is 10.1 Å². The lowest BCUT2D eigenvalue weighted by atomic mass is 10.0. The largest absolute Gasteiger partial charge is 0.488 e. The Bertz CT molecular complexity index is 743. The zero-order valence-electron chi connectivity index (χ0n) is 14.7. The number of benzene rings is 2. The van der Waals surface area contributed by atoms with Crippen LogP contribution < -0.4 is 10.1 Å². The number of nitrogens with one attached hydrogen (secondary N) is 1. The second kappa shape index (κ2) is 8.50. The minimum atomic E-state index is 0.403. The van der Waals surface area contributed by atoms with Crippen LogP contribution in [0, 0.1) is 13.8 Å². The monoisotopic (exact) mass is 361 g/mol. The SMILES string of the molecule is CCC(=S)Nc1cccc(Cl)c1COc1cc(C)c(CC)cc1C. The fraction of sp³-hybridized carbons (Fsp3) is 0.350. The van der Waals surface area contributed by atoms with E-state index in [9.17, 15) is 0 Å². The van der Waals surface area contributed by atoms with Gasteiger partial charge in [-0.25, -0.2) is 0 Å². The molecule has 0 saturated heterocycles. The van der Waals surface area contributed by atoms with Gasteiger partial charge in [-0.3, -0.25) is 0 Å². The molecule has 0 saturated carbocycles. The summed E-state index contributed by atoms with van der Waals surface area (Å²) in [6.45, 7) is 8.79. The first kappa shape index (κ1) is 18.8. The number of hydrogen-bond acceptors (Lipinski definition) is 2. The molecule has 2 nitrogen and oxygen atoms in total. The van der Waals surface area contributed by atoms with Gasteiger partial charge in [-0.15, -0.1) is 0 Å². The maximum absolute atomic E-state index is 6.38. The Balaban J connectivity index is 2.23. The molecule has 2 aromatic carbocycles. The van der Waals surface area contributed by atoms with Crippen molar-refractivity contribution in [1.82, 2.24) is 0 Å². The molecule has 0 spiro atoms. The highest BCUT2D eigenvalue weighted by molar-refractivity contribution is 7.80. The zero-order valence-corrected chi connectivity index (χ0v) is 16.3. The fourth-order valence-corrected chi connectivity index (χ4v) is 2.94. The molecular formula is C20H24ClNOS. The molecule has 0 unspecified atom stereocenters. The van der Waals surface area contributed by atoms with Crippen molar-refractivity contribution in [2.24, 2.45) is 0 Å². The van der Waals surface area contributed by atoms with E-state index in [1.54, 1.807) is 0 Å². The van der Waals surface area contributed by atoms with E-state index in [0.29, 0.717) is 11.6 Å². The number of rotatable bonds is 6. The molecule has 0 heterocycles. The molecule has 128 valence electrons. The topological polar surface area (TPSA) is 21.3 Å². The predicted molar refractivity (Wildman–Crippen MR) is 108 cm³/mol. The standard InChI is InChI=1S/C20H24ClNOS/c1-5-15-10-14(4)19(11-13(15)3)23-12-16-17(21)8-7-9-18(16)22-20(24)6-2/h7-11H,5-6,12H2,1-4H3,(H,22,24). The molecule has 1 N–H and O–H groups in total. The van der Waals surface area contributed by atoms with E-state index in [0.717, 1.165) is 40.4 Å². The Morgan fingerprint density at radius 3 is 2.58 bits per heavy atom. The number of aryl methyl sites for hydroxylation is 3. The molecule has 0 bridgehead atoms. The highest BCUT2D eigenvalue weighted by atomic mass is 35.5. The minimum Gasteiger partial charge on any atom is -0.488 e. The van der Waals surface area contributed by atoms with E-state index in [1.807, 2.05) is 25.1 Å². The third-order valence-electron chi connectivity index (χ3n) is 4.10. The first-order valence-electron chi connectivity index (χ1n) is 8.26. The summed E-state index contributed by atoms with van der Waals surface area (Å²) in [6.07, 6.45) is 1.82. The lowest BCUT2D eigenvalue weighted by Gasteiger charge is -2.16. The smallest absolute Gasteiger partial charge is 0.123 e. The van der Waals surface area contributed by atoms with Crippen LogP contribution >= 0.6 is 23.8 Å². The lowest BCUT2D eigenvalue weighted by Crippen LogP contribution is -2.10. The molecule has 0 amide bonds. The fourth-order valence-electron chi connectivity index (χ4n) is 2.60. The average Bonchev–Trinajstić information content (AvgIpc) is 2.56. The maximum atomic E-state index is 6.38. The van der Waals surface area contributed by atoms with Crippen LogP contribution in [0.25, 0.3) is 0 Å². The summed E-state index contributed by atoms with van der Waals surface area (Å²) in [6, 6.07) is 10.1. The first-order chi connectivity index (χ1) is 11.5. The quantitative estimate of drug-likeness (QED) is 0.614. The van der Waals surface area contributed by atoms with Crippen molar-refractivity contribution in [1.29, 1.82) is 0 Å². The molecular weight excluding hydrogens is 338 g/mol. The van der Waals surface area contributed by atoms with Gasteiger partial charge in [0.15, 0.2) is 0 Å². The molecule has 0 atom stereocenters. The summed E-state index contributed by atoms with van der Waals surface area (Å²) in [4.78, 5) is 0.790. The number of halogens is 1. The maximum Gasteiger partial charge on any atom is 0.123 e. The van der Waals surface area contributed by atoms with Crippen LogP contribution in [0.5, 0.6) is 5.75 Å². The molecule has 0 radical (unpaired) electrons. The van der Waals surface area contributed by atoms with Crippen LogP contribution in [0.1, 0.15) is 42.5 Å². The Labute approximate surface area is 155 Å². The summed E-state index contributed by atoms with van der Waals surface area (Å²) >= 11 is 11.7. The van der Waals surface area contributed by atoms with Gasteiger partial charge in [0.1, 0.15) is 12.4 Å². The van der Waals surface area contributed by atoms with Gasteiger partial charge in [-0.2, -0.15) is 0 Å². The molecule has 0 aliphatic carbocycles. The summed E-state index contributed by atoms with van der Waals surface area (Å²) in [5.74, 6) is 0.897. The predicted octanol–water partition coefficient (Wildman–Crippen LogP) is 6.25. The first-order valence-corrected chi connectivity index (χ1v) is 9.05. The Hall–Kier alpha value is -1.58. The summed E-state index contributed by atoms with van der Waals surface area (Å²) in [7, 11) is 0. The summed E-state index contributed by atoms with van der Waals surface area (Å²) in [5, 5.41) is 3.93. The second-order valence-corrected chi connectivity index (χ2v) is 6.75. The molecule has 0 aromatic heterocycles. The molecule has 0 aliphatic rings. The van der Waals surface area contributed by atoms with Gasteiger partial charge in [0.05, 0.1) is 4.99 Å². The highest BCUT2D eigenvalue weighted by Crippen LogP contribution is 2.29. The number of hydrogen-bond donors (Lipinski definition) is 1. The highest BCUT2D eigenvalue weighted by Gasteiger charge is 2.11. The molecule has 4 heteroatoms. The summed E-state index contributed by atoms with van der Waals surface area (Å²) < 4.78 is 6.07. The third kappa shape index (κ3) is 4.49. The Kier molecular flexibility index (Phi) is 6.64. The minimum absolute atomic E-state index is 0.403. The Morgan fingerprint density at radius 2 is 1.92 bits per heavy atom. The molecule has 24 heavy (non-hydrogen) atoms. The number of ether oxygens (including phenoxy) is 1. The van der Waals surface area contributed by atoms with Crippen molar-refractivity contribution in [2.45, 2.75) is 47.1 Å². The number of anilines is 1. The molecule has 0 aliphatic heterocycles. The van der Waals surface area contributed by atoms with Crippen molar-refractivity contribution in [3.05, 3.63) is 57.6 Å². The second-order valence-electron chi connectivity index (χ2n) is 5.85. The van der Waals surface area contributed by atoms with Crippen LogP contribution in [-0.4, -0.2) is 4.99 Å². The van der Waals surface area contributed by atoms with Gasteiger partial charge in [0.25, 0.3) is 0 Å². The van der Waals surface area contributed by atoms with Crippen LogP contribution in [0.15, 0.2) is 30.3 Å². The molecule has 0 fully saturated rings. The lowest BCUT2D eigenvalue weighted by molar-refractivity contribution is 0.304. The summed E-state index contributed by atoms with van der Waals surface area (Å²) in [5.41, 5.74) is 5.58. The van der Waals surface area contributed by atoms with E-state index >= 15 is 0 Å². The van der Waals surface area contributed by atoms with Gasteiger partial charge in [0, 0.05) is 16.3 Å². The van der Waals surface area contributed by atoms with Crippen LogP contribution in [0.3, 0.4) is 0 Å². The van der Waals surface area contributed by atoms with Gasteiger partial charge in [-0.05, 0) is 61.6 Å². The van der Waals surface area contributed by atoms with Crippen molar-refractivity contribution in [2.75, 3.05) is 5.32 Å². The van der Waals surface area contributed by atoms with Crippen molar-refractivity contribution >= 4 is 34.5 Å². The van der Waals surface area contributed by atoms with Gasteiger partial charge >= 0.3 is 0 Å². The van der Waals surface area contributed by atoms with Crippen molar-refractivity contribution in [3.8, 4) is 5.75 Å². The van der Waals surface area contributed by atoms with E-state index < -0.39 is 0 Å². The molecule has 2 aromatic rings. The van der Waals surface area contributed by atoms with Crippen molar-refractivity contribution < 1.29 is 4.74 Å². The van der Waals surface area contributed by atoms with E-state index in [1.165, 1.54) is 11.1 Å². The molecule has 2 rings (SSSR count). The average molecular weight is 362 g/mol. The van der Waals surface area contributed by atoms with E-state index in [4.69, 9.17) is 28.6 Å². The van der Waals surface area contributed by atoms with Crippen LogP contribution in [0.4, 0.5) is 5.69 Å². The van der Waals surface area contributed by atoms with E-state index in [2.05, 4.69) is 38.2 Å². The van der Waals surface area contributed by atoms with Gasteiger partial charge in [-0.1, -0.05) is 49.8 Å². The Morgan fingerprint density at radius 1 is 1.17 bits per heavy atom. The normalized spacial score (nSPS) is 10.5. The van der Waals surface area contributed by atoms with E-state index in [-0.39, 0.29) is 0 Å². The van der Waals surface area contributed by atoms with Crippen molar-refractivity contribution in [3.63, 3.8) is 0 Å². The number of thiocarbonyl (C=S) groups is 1. The van der Waals surface area contributed by atoms with Crippen LogP contribution in [0.2, 0.25) is 5.02 Å².